The van der Waals surface area contributed by atoms with E-state index in [9.17, 15) is 4.79 Å². The van der Waals surface area contributed by atoms with Gasteiger partial charge in [-0.25, -0.2) is 4.79 Å². The first kappa shape index (κ1) is 10.7. The molecule has 0 heterocycles. The zero-order chi connectivity index (χ0) is 10.7. The third kappa shape index (κ3) is 1.76. The van der Waals surface area contributed by atoms with Gasteiger partial charge in [0.15, 0.2) is 0 Å². The number of hydrogen-bond donors (Lipinski definition) is 2. The molecule has 0 radical (unpaired) electrons. The van der Waals surface area contributed by atoms with E-state index in [-0.39, 0.29) is 22.2 Å². The largest absolute Gasteiger partial charge is 0.478 e. The minimum Gasteiger partial charge on any atom is -0.478 e. The van der Waals surface area contributed by atoms with E-state index in [1.165, 1.54) is 12.1 Å². The van der Waals surface area contributed by atoms with Crippen molar-refractivity contribution in [1.29, 1.82) is 5.26 Å². The fourth-order valence-electron chi connectivity index (χ4n) is 1.05. The molecule has 0 saturated carbocycles. The number of aromatic carboxylic acids is 1. The lowest BCUT2D eigenvalue weighted by Gasteiger charge is -2.06. The van der Waals surface area contributed by atoms with Crippen LogP contribution in [0.3, 0.4) is 0 Å². The molecular formula is C9H6BrNO3. The predicted molar refractivity (Wildman–Crippen MR) is 51.7 cm³/mol. The summed E-state index contributed by atoms with van der Waals surface area (Å²) in [5.41, 5.74) is 0.602. The molecule has 0 saturated heterocycles. The second kappa shape index (κ2) is 4.22. The standard InChI is InChI=1S/C9H6BrNO3/c10-8-6(9(13)14)2-1-5(3-11)7(8)4-12/h1-2,12H,4H2,(H,13,14). The highest BCUT2D eigenvalue weighted by atomic mass is 79.9. The number of aliphatic hydroxyl groups is 1. The van der Waals surface area contributed by atoms with Crippen LogP contribution in [0.15, 0.2) is 16.6 Å². The van der Waals surface area contributed by atoms with Crippen LogP contribution in [0.4, 0.5) is 0 Å². The SMILES string of the molecule is N#Cc1ccc(C(=O)O)c(Br)c1CO. The Hall–Kier alpha value is -1.38. The van der Waals surface area contributed by atoms with E-state index in [1.807, 2.05) is 6.07 Å². The molecule has 5 heteroatoms. The number of carboxylic acids is 1. The topological polar surface area (TPSA) is 81.3 Å². The van der Waals surface area contributed by atoms with E-state index >= 15 is 0 Å². The lowest BCUT2D eigenvalue weighted by Crippen LogP contribution is -2.02. The molecule has 0 spiro atoms. The molecular weight excluding hydrogens is 250 g/mol. The molecule has 0 aromatic heterocycles. The van der Waals surface area contributed by atoms with Gasteiger partial charge in [0.1, 0.15) is 0 Å². The first-order valence-electron chi connectivity index (χ1n) is 3.67. The van der Waals surface area contributed by atoms with Crippen LogP contribution >= 0.6 is 15.9 Å². The van der Waals surface area contributed by atoms with Crippen LogP contribution in [-0.2, 0) is 6.61 Å². The average molecular weight is 256 g/mol. The molecule has 1 aromatic carbocycles. The summed E-state index contributed by atoms with van der Waals surface area (Å²) in [6.45, 7) is -0.370. The van der Waals surface area contributed by atoms with Crippen LogP contribution in [0.5, 0.6) is 0 Å². The van der Waals surface area contributed by atoms with Gasteiger partial charge in [0.25, 0.3) is 0 Å². The molecule has 0 aliphatic rings. The highest BCUT2D eigenvalue weighted by Gasteiger charge is 2.14. The van der Waals surface area contributed by atoms with Crippen LogP contribution in [0, 0.1) is 11.3 Å². The Balaban J connectivity index is 3.44. The fourth-order valence-corrected chi connectivity index (χ4v) is 1.69. The second-order valence-corrected chi connectivity index (χ2v) is 3.32. The maximum Gasteiger partial charge on any atom is 0.336 e. The summed E-state index contributed by atoms with van der Waals surface area (Å²) < 4.78 is 0.256. The van der Waals surface area contributed by atoms with Gasteiger partial charge < -0.3 is 10.2 Å². The Kier molecular flexibility index (Phi) is 3.23. The third-order valence-corrected chi connectivity index (χ3v) is 2.66. The molecule has 1 aromatic rings. The summed E-state index contributed by atoms with van der Waals surface area (Å²) in [4.78, 5) is 10.7. The number of hydrogen-bond acceptors (Lipinski definition) is 3. The van der Waals surface area contributed by atoms with Crippen LogP contribution < -0.4 is 0 Å². The average Bonchev–Trinajstić information content (AvgIpc) is 2.16. The number of carbonyl (C=O) groups is 1. The van der Waals surface area contributed by atoms with E-state index in [2.05, 4.69) is 15.9 Å². The maximum absolute atomic E-state index is 10.7. The van der Waals surface area contributed by atoms with Crippen LogP contribution in [0.25, 0.3) is 0 Å². The number of rotatable bonds is 2. The van der Waals surface area contributed by atoms with Gasteiger partial charge in [-0.2, -0.15) is 5.26 Å². The Labute approximate surface area is 88.5 Å². The first-order valence-corrected chi connectivity index (χ1v) is 4.46. The van der Waals surface area contributed by atoms with Gasteiger partial charge in [-0.1, -0.05) is 0 Å². The van der Waals surface area contributed by atoms with Crippen molar-refractivity contribution in [2.45, 2.75) is 6.61 Å². The van der Waals surface area contributed by atoms with E-state index in [4.69, 9.17) is 15.5 Å². The summed E-state index contributed by atoms with van der Waals surface area (Å²) in [5.74, 6) is -1.10. The molecule has 0 fully saturated rings. The number of halogens is 1. The Morgan fingerprint density at radius 2 is 2.21 bits per heavy atom. The predicted octanol–water partition coefficient (Wildman–Crippen LogP) is 1.51. The van der Waals surface area contributed by atoms with Crippen molar-refractivity contribution in [1.82, 2.24) is 0 Å². The van der Waals surface area contributed by atoms with Crippen molar-refractivity contribution in [3.8, 4) is 6.07 Å². The van der Waals surface area contributed by atoms with Crippen molar-refractivity contribution in [2.24, 2.45) is 0 Å². The van der Waals surface area contributed by atoms with Gasteiger partial charge in [-0.05, 0) is 28.1 Å². The highest BCUT2D eigenvalue weighted by molar-refractivity contribution is 9.10. The van der Waals surface area contributed by atoms with Gasteiger partial charge in [0.2, 0.25) is 0 Å². The van der Waals surface area contributed by atoms with E-state index < -0.39 is 5.97 Å². The molecule has 0 unspecified atom stereocenters. The quantitative estimate of drug-likeness (QED) is 0.840. The smallest absolute Gasteiger partial charge is 0.336 e. The first-order chi connectivity index (χ1) is 6.61. The highest BCUT2D eigenvalue weighted by Crippen LogP contribution is 2.25. The summed E-state index contributed by atoms with van der Waals surface area (Å²) in [6, 6.07) is 4.57. The molecule has 4 nitrogen and oxygen atoms in total. The molecule has 2 N–H and O–H groups in total. The summed E-state index contributed by atoms with van der Waals surface area (Å²) in [7, 11) is 0. The van der Waals surface area contributed by atoms with Crippen molar-refractivity contribution >= 4 is 21.9 Å². The van der Waals surface area contributed by atoms with Gasteiger partial charge in [0.05, 0.1) is 23.8 Å². The van der Waals surface area contributed by atoms with E-state index in [0.717, 1.165) is 0 Å². The molecule has 0 atom stereocenters. The summed E-state index contributed by atoms with van der Waals surface area (Å²) in [5, 5.41) is 26.4. The zero-order valence-electron chi connectivity index (χ0n) is 6.99. The molecule has 14 heavy (non-hydrogen) atoms. The Morgan fingerprint density at radius 1 is 1.57 bits per heavy atom. The number of aliphatic hydroxyl groups excluding tert-OH is 1. The number of carboxylic acid groups (broad SMARTS) is 1. The lowest BCUT2D eigenvalue weighted by atomic mass is 10.1. The number of benzene rings is 1. The van der Waals surface area contributed by atoms with Gasteiger partial charge >= 0.3 is 5.97 Å². The lowest BCUT2D eigenvalue weighted by molar-refractivity contribution is 0.0695. The van der Waals surface area contributed by atoms with Gasteiger partial charge in [-0.3, -0.25) is 0 Å². The maximum atomic E-state index is 10.7. The van der Waals surface area contributed by atoms with Crippen molar-refractivity contribution in [3.63, 3.8) is 0 Å². The second-order valence-electron chi connectivity index (χ2n) is 2.53. The van der Waals surface area contributed by atoms with Crippen LogP contribution in [0.1, 0.15) is 21.5 Å². The molecule has 0 bridgehead atoms. The summed E-state index contributed by atoms with van der Waals surface area (Å²) >= 11 is 3.04. The Bertz CT molecular complexity index is 423. The fraction of sp³-hybridized carbons (Fsp3) is 0.111. The Morgan fingerprint density at radius 3 is 2.64 bits per heavy atom. The normalized spacial score (nSPS) is 9.50. The van der Waals surface area contributed by atoms with Crippen molar-refractivity contribution in [3.05, 3.63) is 33.3 Å². The molecule has 1 rings (SSSR count). The molecule has 0 aliphatic heterocycles. The zero-order valence-corrected chi connectivity index (χ0v) is 8.58. The number of nitriles is 1. The minimum atomic E-state index is -1.10. The minimum absolute atomic E-state index is 0.0352. The van der Waals surface area contributed by atoms with Crippen LogP contribution in [-0.4, -0.2) is 16.2 Å². The van der Waals surface area contributed by atoms with Gasteiger partial charge in [-0.15, -0.1) is 0 Å². The molecule has 0 aliphatic carbocycles. The van der Waals surface area contributed by atoms with Crippen LogP contribution in [0.2, 0.25) is 0 Å². The third-order valence-electron chi connectivity index (χ3n) is 1.75. The van der Waals surface area contributed by atoms with Crippen molar-refractivity contribution in [2.75, 3.05) is 0 Å². The monoisotopic (exact) mass is 255 g/mol. The molecule has 72 valence electrons. The number of nitrogens with zero attached hydrogens (tertiary/aromatic N) is 1. The molecule has 0 amide bonds. The van der Waals surface area contributed by atoms with Gasteiger partial charge in [0, 0.05) is 10.0 Å². The summed E-state index contributed by atoms with van der Waals surface area (Å²) in [6.07, 6.45) is 0. The van der Waals surface area contributed by atoms with Crippen molar-refractivity contribution < 1.29 is 15.0 Å². The van der Waals surface area contributed by atoms with E-state index in [1.54, 1.807) is 0 Å². The van der Waals surface area contributed by atoms with E-state index in [0.29, 0.717) is 5.56 Å².